The highest BCUT2D eigenvalue weighted by Gasteiger charge is 2.39. The zero-order valence-corrected chi connectivity index (χ0v) is 18.5. The topological polar surface area (TPSA) is 85.5 Å². The summed E-state index contributed by atoms with van der Waals surface area (Å²) in [7, 11) is 3.44. The standard InChI is InChI=1S/C22H23N5O3S/c1-13-11-16(21-20(24-22(31)25(21)3)17-7-5-6-10-23-17)14(2)26(13)18-9-8-15(30-4)12-19(18)27(28)29/h5-12,20-21H,1-4H3,(H,24,31)/t20-,21+/m0/s1. The van der Waals surface area contributed by atoms with E-state index in [0.29, 0.717) is 16.5 Å². The largest absolute Gasteiger partial charge is 0.496 e. The number of hydrogen-bond donors (Lipinski definition) is 1. The summed E-state index contributed by atoms with van der Waals surface area (Å²) in [6.07, 6.45) is 1.76. The number of rotatable bonds is 5. The summed E-state index contributed by atoms with van der Waals surface area (Å²) in [5, 5.41) is 15.8. The predicted octanol–water partition coefficient (Wildman–Crippen LogP) is 4.01. The molecule has 1 aromatic carbocycles. The van der Waals surface area contributed by atoms with Gasteiger partial charge in [0.05, 0.1) is 35.9 Å². The molecule has 31 heavy (non-hydrogen) atoms. The van der Waals surface area contributed by atoms with Gasteiger partial charge in [-0.05, 0) is 62.0 Å². The summed E-state index contributed by atoms with van der Waals surface area (Å²) in [5.74, 6) is 0.443. The summed E-state index contributed by atoms with van der Waals surface area (Å²) >= 11 is 5.53. The smallest absolute Gasteiger partial charge is 0.296 e. The molecule has 0 radical (unpaired) electrons. The average Bonchev–Trinajstić information content (AvgIpc) is 3.22. The second kappa shape index (κ2) is 7.99. The van der Waals surface area contributed by atoms with Crippen LogP contribution in [0.3, 0.4) is 0 Å². The number of nitrogens with one attached hydrogen (secondary N) is 1. The van der Waals surface area contributed by atoms with Crippen LogP contribution < -0.4 is 10.1 Å². The van der Waals surface area contributed by atoms with Crippen molar-refractivity contribution in [1.29, 1.82) is 0 Å². The molecular formula is C22H23N5O3S. The predicted molar refractivity (Wildman–Crippen MR) is 122 cm³/mol. The molecule has 1 fully saturated rings. The third-order valence-corrected chi connectivity index (χ3v) is 6.15. The first-order valence-electron chi connectivity index (χ1n) is 9.79. The fraction of sp³-hybridized carbons (Fsp3) is 0.273. The highest BCUT2D eigenvalue weighted by atomic mass is 32.1. The molecule has 0 amide bonds. The molecule has 160 valence electrons. The van der Waals surface area contributed by atoms with E-state index in [4.69, 9.17) is 17.0 Å². The first kappa shape index (κ1) is 20.8. The SMILES string of the molecule is COc1ccc(-n2c(C)cc([C@@H]3[C@H](c4ccccn4)NC(=S)N3C)c2C)c([N+](=O)[O-])c1. The van der Waals surface area contributed by atoms with Crippen molar-refractivity contribution in [3.8, 4) is 11.4 Å². The van der Waals surface area contributed by atoms with E-state index in [1.165, 1.54) is 13.2 Å². The number of thiocarbonyl (C=S) groups is 1. The van der Waals surface area contributed by atoms with Gasteiger partial charge >= 0.3 is 0 Å². The van der Waals surface area contributed by atoms with E-state index in [1.807, 2.05) is 48.6 Å². The van der Waals surface area contributed by atoms with Gasteiger partial charge in [-0.25, -0.2) is 0 Å². The minimum atomic E-state index is -0.383. The third kappa shape index (κ3) is 3.50. The number of nitro groups is 1. The monoisotopic (exact) mass is 437 g/mol. The minimum absolute atomic E-state index is 0.0117. The van der Waals surface area contributed by atoms with Crippen LogP contribution in [0, 0.1) is 24.0 Å². The number of aromatic nitrogens is 2. The molecule has 2 aromatic heterocycles. The Balaban J connectivity index is 1.85. The summed E-state index contributed by atoms with van der Waals surface area (Å²) in [5.41, 5.74) is 4.22. The van der Waals surface area contributed by atoms with Crippen LogP contribution in [0.2, 0.25) is 0 Å². The zero-order chi connectivity index (χ0) is 22.3. The maximum atomic E-state index is 11.8. The lowest BCUT2D eigenvalue weighted by Crippen LogP contribution is -2.25. The molecule has 1 aliphatic heterocycles. The number of methoxy groups -OCH3 is 1. The Morgan fingerprint density at radius 1 is 1.23 bits per heavy atom. The van der Waals surface area contributed by atoms with Crippen molar-refractivity contribution < 1.29 is 9.66 Å². The summed E-state index contributed by atoms with van der Waals surface area (Å²) in [6, 6.07) is 12.5. The second-order valence-electron chi connectivity index (χ2n) is 7.51. The molecule has 0 aliphatic carbocycles. The van der Waals surface area contributed by atoms with E-state index in [9.17, 15) is 10.1 Å². The fourth-order valence-corrected chi connectivity index (χ4v) is 4.51. The van der Waals surface area contributed by atoms with Gasteiger partial charge in [0.2, 0.25) is 0 Å². The average molecular weight is 438 g/mol. The quantitative estimate of drug-likeness (QED) is 0.367. The Hall–Kier alpha value is -3.46. The molecule has 2 atom stereocenters. The summed E-state index contributed by atoms with van der Waals surface area (Å²) < 4.78 is 7.10. The molecule has 0 saturated carbocycles. The number of nitro benzene ring substituents is 1. The van der Waals surface area contributed by atoms with Crippen LogP contribution in [0.25, 0.3) is 5.69 Å². The zero-order valence-electron chi connectivity index (χ0n) is 17.7. The molecule has 0 bridgehead atoms. The molecule has 8 nitrogen and oxygen atoms in total. The van der Waals surface area contributed by atoms with Gasteiger partial charge in [-0.2, -0.15) is 0 Å². The number of ether oxygens (including phenoxy) is 1. The number of likely N-dealkylation sites (N-methyl/N-ethyl adjacent to an activating group) is 1. The molecule has 1 N–H and O–H groups in total. The van der Waals surface area contributed by atoms with E-state index in [2.05, 4.69) is 16.4 Å². The number of benzene rings is 1. The molecular weight excluding hydrogens is 414 g/mol. The number of aryl methyl sites for hydroxylation is 1. The van der Waals surface area contributed by atoms with E-state index >= 15 is 0 Å². The summed E-state index contributed by atoms with van der Waals surface area (Å²) in [6.45, 7) is 3.92. The van der Waals surface area contributed by atoms with Crippen molar-refractivity contribution in [2.45, 2.75) is 25.9 Å². The van der Waals surface area contributed by atoms with Crippen LogP contribution in [-0.4, -0.2) is 38.6 Å². The maximum Gasteiger partial charge on any atom is 0.296 e. The van der Waals surface area contributed by atoms with Crippen molar-refractivity contribution >= 4 is 23.0 Å². The Morgan fingerprint density at radius 2 is 2.00 bits per heavy atom. The number of hydrogen-bond acceptors (Lipinski definition) is 5. The molecule has 1 saturated heterocycles. The van der Waals surface area contributed by atoms with Gasteiger partial charge in [-0.1, -0.05) is 6.07 Å². The molecule has 9 heteroatoms. The molecule has 4 rings (SSSR count). The van der Waals surface area contributed by atoms with Gasteiger partial charge in [-0.15, -0.1) is 0 Å². The lowest BCUT2D eigenvalue weighted by molar-refractivity contribution is -0.384. The van der Waals surface area contributed by atoms with Crippen LogP contribution in [0.5, 0.6) is 5.75 Å². The van der Waals surface area contributed by atoms with Gasteiger partial charge in [0.25, 0.3) is 5.69 Å². The number of pyridine rings is 1. The van der Waals surface area contributed by atoms with Crippen LogP contribution in [0.15, 0.2) is 48.7 Å². The van der Waals surface area contributed by atoms with Gasteiger partial charge in [-0.3, -0.25) is 15.1 Å². The minimum Gasteiger partial charge on any atom is -0.496 e. The Morgan fingerprint density at radius 3 is 2.65 bits per heavy atom. The number of nitrogens with zero attached hydrogens (tertiary/aromatic N) is 4. The van der Waals surface area contributed by atoms with Crippen molar-refractivity contribution in [2.24, 2.45) is 0 Å². The Labute approximate surface area is 185 Å². The van der Waals surface area contributed by atoms with Crippen LogP contribution in [0.1, 0.15) is 34.7 Å². The molecule has 0 unspecified atom stereocenters. The van der Waals surface area contributed by atoms with E-state index in [1.54, 1.807) is 18.3 Å². The van der Waals surface area contributed by atoms with Crippen LogP contribution >= 0.6 is 12.2 Å². The Kier molecular flexibility index (Phi) is 5.36. The van der Waals surface area contributed by atoms with Gasteiger partial charge < -0.3 is 19.5 Å². The van der Waals surface area contributed by atoms with Crippen LogP contribution in [-0.2, 0) is 0 Å². The second-order valence-corrected chi connectivity index (χ2v) is 7.90. The highest BCUT2D eigenvalue weighted by Crippen LogP contribution is 2.41. The fourth-order valence-electron chi connectivity index (χ4n) is 4.27. The van der Waals surface area contributed by atoms with Crippen LogP contribution in [0.4, 0.5) is 5.69 Å². The normalized spacial score (nSPS) is 18.2. The maximum absolute atomic E-state index is 11.8. The first-order chi connectivity index (χ1) is 14.8. The molecule has 3 aromatic rings. The molecule has 0 spiro atoms. The third-order valence-electron chi connectivity index (χ3n) is 5.75. The summed E-state index contributed by atoms with van der Waals surface area (Å²) in [4.78, 5) is 17.9. The van der Waals surface area contributed by atoms with E-state index in [0.717, 1.165) is 22.6 Å². The van der Waals surface area contributed by atoms with Gasteiger partial charge in [0, 0.05) is 24.6 Å². The van der Waals surface area contributed by atoms with Gasteiger partial charge in [0.1, 0.15) is 11.4 Å². The Bertz CT molecular complexity index is 1160. The van der Waals surface area contributed by atoms with Crippen molar-refractivity contribution in [2.75, 3.05) is 14.2 Å². The first-order valence-corrected chi connectivity index (χ1v) is 10.2. The molecule has 3 heterocycles. The van der Waals surface area contributed by atoms with Crippen molar-refractivity contribution in [1.82, 2.24) is 19.8 Å². The molecule has 1 aliphatic rings. The van der Waals surface area contributed by atoms with Gasteiger partial charge in [0.15, 0.2) is 5.11 Å². The van der Waals surface area contributed by atoms with Crippen molar-refractivity contribution in [3.63, 3.8) is 0 Å². The lowest BCUT2D eigenvalue weighted by Gasteiger charge is -2.24. The van der Waals surface area contributed by atoms with Crippen molar-refractivity contribution in [3.05, 3.63) is 81.4 Å². The lowest BCUT2D eigenvalue weighted by atomic mass is 9.97. The van der Waals surface area contributed by atoms with E-state index in [-0.39, 0.29) is 22.7 Å². The van der Waals surface area contributed by atoms with E-state index < -0.39 is 0 Å². The highest BCUT2D eigenvalue weighted by molar-refractivity contribution is 7.80.